The van der Waals surface area contributed by atoms with Gasteiger partial charge in [-0.2, -0.15) is 0 Å². The maximum Gasteiger partial charge on any atom is 0.237 e. The van der Waals surface area contributed by atoms with Crippen LogP contribution in [0.1, 0.15) is 44.9 Å². The summed E-state index contributed by atoms with van der Waals surface area (Å²) in [6.45, 7) is 2.91. The van der Waals surface area contributed by atoms with Crippen LogP contribution in [0.5, 0.6) is 5.75 Å². The Labute approximate surface area is 166 Å². The van der Waals surface area contributed by atoms with E-state index in [1.807, 2.05) is 17.0 Å². The monoisotopic (exact) mass is 386 g/mol. The minimum absolute atomic E-state index is 0.0151. The highest BCUT2D eigenvalue weighted by molar-refractivity contribution is 5.89. The van der Waals surface area contributed by atoms with Crippen molar-refractivity contribution in [3.63, 3.8) is 0 Å². The highest BCUT2D eigenvalue weighted by atomic mass is 16.5. The molecule has 4 rings (SSSR count). The lowest BCUT2D eigenvalue weighted by Gasteiger charge is -2.40. The predicted octanol–water partition coefficient (Wildman–Crippen LogP) is 1.58. The Morgan fingerprint density at radius 3 is 2.68 bits per heavy atom. The minimum atomic E-state index is -0.311. The molecule has 28 heavy (non-hydrogen) atoms. The normalized spacial score (nSPS) is 24.9. The molecule has 1 atom stereocenters. The standard InChI is InChI=1S/C21H30N4O3/c26-20(14-19-21(27)23-10-13-25(19)16-4-1-2-5-16)24-11-7-17(8-12-24)28-18-6-3-9-22-15-18/h3,6,9,15-17,19H,1-2,4-5,7-8,10-14H2,(H,23,27). The first-order valence-electron chi connectivity index (χ1n) is 10.6. The van der Waals surface area contributed by atoms with Crippen LogP contribution in [0.25, 0.3) is 0 Å². The Morgan fingerprint density at radius 2 is 1.96 bits per heavy atom. The Hall–Kier alpha value is -2.15. The number of likely N-dealkylation sites (tertiary alicyclic amines) is 1. The van der Waals surface area contributed by atoms with Crippen molar-refractivity contribution >= 4 is 11.8 Å². The van der Waals surface area contributed by atoms with E-state index >= 15 is 0 Å². The number of aromatic nitrogens is 1. The Balaban J connectivity index is 1.30. The average Bonchev–Trinajstić information content (AvgIpc) is 3.25. The van der Waals surface area contributed by atoms with E-state index < -0.39 is 0 Å². The minimum Gasteiger partial charge on any atom is -0.489 e. The number of pyridine rings is 1. The van der Waals surface area contributed by atoms with Crippen molar-refractivity contribution in [1.82, 2.24) is 20.1 Å². The number of nitrogens with one attached hydrogen (secondary N) is 1. The fraction of sp³-hybridized carbons (Fsp3) is 0.667. The molecule has 1 aromatic rings. The smallest absolute Gasteiger partial charge is 0.237 e. The van der Waals surface area contributed by atoms with Gasteiger partial charge in [0.1, 0.15) is 11.9 Å². The number of hydrogen-bond donors (Lipinski definition) is 1. The molecule has 0 bridgehead atoms. The third-order valence-corrected chi connectivity index (χ3v) is 6.27. The number of piperazine rings is 1. The number of piperidine rings is 1. The molecule has 0 aromatic carbocycles. The van der Waals surface area contributed by atoms with Gasteiger partial charge in [-0.05, 0) is 25.0 Å². The lowest BCUT2D eigenvalue weighted by atomic mass is 10.0. The average molecular weight is 386 g/mol. The fourth-order valence-electron chi connectivity index (χ4n) is 4.74. The summed E-state index contributed by atoms with van der Waals surface area (Å²) in [6.07, 6.45) is 10.2. The molecule has 7 heteroatoms. The number of amides is 2. The van der Waals surface area contributed by atoms with Crippen LogP contribution >= 0.6 is 0 Å². The van der Waals surface area contributed by atoms with Crippen LogP contribution in [0.3, 0.4) is 0 Å². The highest BCUT2D eigenvalue weighted by Gasteiger charge is 2.38. The number of rotatable bonds is 5. The van der Waals surface area contributed by atoms with Gasteiger partial charge < -0.3 is 15.0 Å². The van der Waals surface area contributed by atoms with Crippen molar-refractivity contribution < 1.29 is 14.3 Å². The molecule has 1 aromatic heterocycles. The molecule has 1 saturated carbocycles. The van der Waals surface area contributed by atoms with Crippen molar-refractivity contribution in [3.05, 3.63) is 24.5 Å². The summed E-state index contributed by atoms with van der Waals surface area (Å²) in [5.41, 5.74) is 0. The zero-order chi connectivity index (χ0) is 19.3. The van der Waals surface area contributed by atoms with Gasteiger partial charge in [-0.15, -0.1) is 0 Å². The molecule has 1 unspecified atom stereocenters. The van der Waals surface area contributed by atoms with Gasteiger partial charge in [0.2, 0.25) is 11.8 Å². The van der Waals surface area contributed by atoms with Gasteiger partial charge in [0.25, 0.3) is 0 Å². The predicted molar refractivity (Wildman–Crippen MR) is 105 cm³/mol. The lowest BCUT2D eigenvalue weighted by Crippen LogP contribution is -2.59. The molecule has 3 fully saturated rings. The van der Waals surface area contributed by atoms with E-state index in [0.29, 0.717) is 25.7 Å². The van der Waals surface area contributed by atoms with Crippen molar-refractivity contribution in [1.29, 1.82) is 0 Å². The van der Waals surface area contributed by atoms with E-state index in [-0.39, 0.29) is 30.4 Å². The number of carbonyl (C=O) groups is 2. The highest BCUT2D eigenvalue weighted by Crippen LogP contribution is 2.27. The van der Waals surface area contributed by atoms with Crippen molar-refractivity contribution in [3.8, 4) is 5.75 Å². The van der Waals surface area contributed by atoms with Gasteiger partial charge in [0.05, 0.1) is 18.7 Å². The summed E-state index contributed by atoms with van der Waals surface area (Å²) in [6, 6.07) is 3.92. The second-order valence-corrected chi connectivity index (χ2v) is 8.07. The second kappa shape index (κ2) is 8.90. The van der Waals surface area contributed by atoms with Gasteiger partial charge >= 0.3 is 0 Å². The Kier molecular flexibility index (Phi) is 6.10. The molecule has 2 saturated heterocycles. The lowest BCUT2D eigenvalue weighted by molar-refractivity contribution is -0.141. The van der Waals surface area contributed by atoms with Gasteiger partial charge in [-0.3, -0.25) is 19.5 Å². The third-order valence-electron chi connectivity index (χ3n) is 6.27. The molecule has 7 nitrogen and oxygen atoms in total. The van der Waals surface area contributed by atoms with E-state index in [0.717, 1.165) is 38.0 Å². The summed E-state index contributed by atoms with van der Waals surface area (Å²) in [7, 11) is 0. The molecule has 2 amide bonds. The fourth-order valence-corrected chi connectivity index (χ4v) is 4.74. The zero-order valence-corrected chi connectivity index (χ0v) is 16.4. The van der Waals surface area contributed by atoms with Gasteiger partial charge in [-0.25, -0.2) is 0 Å². The molecule has 3 heterocycles. The van der Waals surface area contributed by atoms with Crippen LogP contribution in [-0.4, -0.2) is 71.0 Å². The molecule has 0 radical (unpaired) electrons. The number of carbonyl (C=O) groups excluding carboxylic acids is 2. The second-order valence-electron chi connectivity index (χ2n) is 8.07. The van der Waals surface area contributed by atoms with E-state index in [1.165, 1.54) is 12.8 Å². The molecular formula is C21H30N4O3. The largest absolute Gasteiger partial charge is 0.489 e. The summed E-state index contributed by atoms with van der Waals surface area (Å²) in [4.78, 5) is 33.7. The summed E-state index contributed by atoms with van der Waals surface area (Å²) in [5.74, 6) is 0.879. The van der Waals surface area contributed by atoms with Crippen LogP contribution < -0.4 is 10.1 Å². The molecule has 0 spiro atoms. The Morgan fingerprint density at radius 1 is 1.18 bits per heavy atom. The number of hydrogen-bond acceptors (Lipinski definition) is 5. The molecule has 152 valence electrons. The molecule has 3 aliphatic rings. The van der Waals surface area contributed by atoms with Crippen LogP contribution in [0.2, 0.25) is 0 Å². The maximum atomic E-state index is 12.9. The van der Waals surface area contributed by atoms with Gasteiger partial charge in [0.15, 0.2) is 0 Å². The van der Waals surface area contributed by atoms with Crippen LogP contribution in [0.4, 0.5) is 0 Å². The maximum absolute atomic E-state index is 12.9. The van der Waals surface area contributed by atoms with E-state index in [2.05, 4.69) is 15.2 Å². The van der Waals surface area contributed by atoms with Crippen molar-refractivity contribution in [2.24, 2.45) is 0 Å². The first-order valence-corrected chi connectivity index (χ1v) is 10.6. The molecule has 1 aliphatic carbocycles. The van der Waals surface area contributed by atoms with E-state index in [9.17, 15) is 9.59 Å². The quantitative estimate of drug-likeness (QED) is 0.832. The zero-order valence-electron chi connectivity index (χ0n) is 16.4. The van der Waals surface area contributed by atoms with Crippen LogP contribution in [0, 0.1) is 0 Å². The SMILES string of the molecule is O=C1NCCN(C2CCCC2)C1CC(=O)N1CCC(Oc2cccnc2)CC1. The number of nitrogens with zero attached hydrogens (tertiary/aromatic N) is 3. The Bertz CT molecular complexity index is 669. The summed E-state index contributed by atoms with van der Waals surface area (Å²) < 4.78 is 5.96. The van der Waals surface area contributed by atoms with E-state index in [4.69, 9.17) is 4.74 Å². The topological polar surface area (TPSA) is 74.8 Å². The summed E-state index contributed by atoms with van der Waals surface area (Å²) in [5, 5.41) is 2.95. The first-order chi connectivity index (χ1) is 13.7. The van der Waals surface area contributed by atoms with Crippen molar-refractivity contribution in [2.45, 2.75) is 63.1 Å². The molecular weight excluding hydrogens is 356 g/mol. The van der Waals surface area contributed by atoms with Crippen molar-refractivity contribution in [2.75, 3.05) is 26.2 Å². The molecule has 1 N–H and O–H groups in total. The van der Waals surface area contributed by atoms with Crippen LogP contribution in [-0.2, 0) is 9.59 Å². The molecule has 2 aliphatic heterocycles. The number of ether oxygens (including phenoxy) is 1. The van der Waals surface area contributed by atoms with Gasteiger partial charge in [0, 0.05) is 51.3 Å². The van der Waals surface area contributed by atoms with Gasteiger partial charge in [-0.1, -0.05) is 12.8 Å². The van der Waals surface area contributed by atoms with E-state index in [1.54, 1.807) is 12.4 Å². The van der Waals surface area contributed by atoms with Crippen LogP contribution in [0.15, 0.2) is 24.5 Å². The first kappa shape index (κ1) is 19.2. The third kappa shape index (κ3) is 4.46. The summed E-state index contributed by atoms with van der Waals surface area (Å²) >= 11 is 0.